The van der Waals surface area contributed by atoms with Crippen molar-refractivity contribution in [2.75, 3.05) is 31.9 Å². The Bertz CT molecular complexity index is 1330. The number of furan rings is 1. The average Bonchev–Trinajstić information content (AvgIpc) is 3.27. The molecule has 4 heterocycles. The molecular weight excluding hydrogens is 452 g/mol. The number of hydrogen-bond donors (Lipinski definition) is 1. The lowest BCUT2D eigenvalue weighted by atomic mass is 10.1. The number of nitrogens with one attached hydrogen (secondary N) is 1. The van der Waals surface area contributed by atoms with Crippen LogP contribution in [0.25, 0.3) is 22.3 Å². The van der Waals surface area contributed by atoms with Crippen LogP contribution in [-0.4, -0.2) is 73.3 Å². The first-order valence-corrected chi connectivity index (χ1v) is 12.4. The molecule has 9 nitrogen and oxygen atoms in total. The predicted octanol–water partition coefficient (Wildman–Crippen LogP) is 3.43. The molecule has 0 atom stereocenters. The standard InChI is InChI=1S/C24H24N6O3S/c31-21(28-9-11-29(12-10-28)23(32)20-6-3-13-33-20)15-34-24-27-26-22(30(24)16-7-8-16)18-14-25-19-5-2-1-4-17(18)19/h1-6,13-14,16,25H,7-12,15H2. The molecule has 2 fully saturated rings. The van der Waals surface area contributed by atoms with Gasteiger partial charge in [0, 0.05) is 54.9 Å². The summed E-state index contributed by atoms with van der Waals surface area (Å²) < 4.78 is 7.39. The lowest BCUT2D eigenvalue weighted by Gasteiger charge is -2.34. The Morgan fingerprint density at radius 3 is 2.59 bits per heavy atom. The number of benzene rings is 1. The molecule has 0 spiro atoms. The van der Waals surface area contributed by atoms with Crippen molar-refractivity contribution in [3.05, 3.63) is 54.6 Å². The van der Waals surface area contributed by atoms with E-state index in [1.807, 2.05) is 29.3 Å². The normalized spacial score (nSPS) is 16.4. The van der Waals surface area contributed by atoms with Crippen LogP contribution in [0.4, 0.5) is 0 Å². The second kappa shape index (κ2) is 8.68. The molecule has 0 radical (unpaired) electrons. The first-order valence-electron chi connectivity index (χ1n) is 11.4. The molecule has 174 valence electrons. The molecule has 2 amide bonds. The van der Waals surface area contributed by atoms with Crippen LogP contribution in [0.2, 0.25) is 0 Å². The molecular formula is C24H24N6O3S. The molecule has 4 aromatic rings. The topological polar surface area (TPSA) is 100 Å². The highest BCUT2D eigenvalue weighted by atomic mass is 32.2. The van der Waals surface area contributed by atoms with E-state index in [2.05, 4.69) is 25.8 Å². The van der Waals surface area contributed by atoms with Crippen LogP contribution in [0.5, 0.6) is 0 Å². The molecule has 1 aliphatic carbocycles. The zero-order chi connectivity index (χ0) is 23.1. The number of carbonyl (C=O) groups is 2. The second-order valence-corrected chi connectivity index (χ2v) is 9.54. The van der Waals surface area contributed by atoms with Crippen LogP contribution in [0, 0.1) is 0 Å². The van der Waals surface area contributed by atoms with Gasteiger partial charge in [-0.2, -0.15) is 0 Å². The highest BCUT2D eigenvalue weighted by Crippen LogP contribution is 2.42. The van der Waals surface area contributed by atoms with E-state index in [4.69, 9.17) is 4.42 Å². The van der Waals surface area contributed by atoms with Gasteiger partial charge in [0.25, 0.3) is 5.91 Å². The molecule has 1 saturated carbocycles. The van der Waals surface area contributed by atoms with Crippen LogP contribution < -0.4 is 0 Å². The van der Waals surface area contributed by atoms with Gasteiger partial charge in [-0.1, -0.05) is 30.0 Å². The molecule has 6 rings (SSSR count). The van der Waals surface area contributed by atoms with E-state index in [1.54, 1.807) is 17.0 Å². The van der Waals surface area contributed by atoms with Gasteiger partial charge in [-0.3, -0.25) is 14.2 Å². The van der Waals surface area contributed by atoms with Crippen molar-refractivity contribution in [3.8, 4) is 11.4 Å². The van der Waals surface area contributed by atoms with Crippen molar-refractivity contribution in [2.45, 2.75) is 24.0 Å². The monoisotopic (exact) mass is 476 g/mol. The first kappa shape index (κ1) is 21.0. The number of aromatic amines is 1. The minimum atomic E-state index is -0.131. The number of para-hydroxylation sites is 1. The SMILES string of the molecule is O=C(CSc1nnc(-c2c[nH]c3ccccc23)n1C1CC1)N1CCN(C(=O)c2ccco2)CC1. The van der Waals surface area contributed by atoms with Gasteiger partial charge in [0.1, 0.15) is 0 Å². The van der Waals surface area contributed by atoms with E-state index in [1.165, 1.54) is 18.0 Å². The summed E-state index contributed by atoms with van der Waals surface area (Å²) in [6.07, 6.45) is 5.67. The number of aromatic nitrogens is 4. The van der Waals surface area contributed by atoms with E-state index in [9.17, 15) is 9.59 Å². The van der Waals surface area contributed by atoms with Crippen molar-refractivity contribution >= 4 is 34.5 Å². The van der Waals surface area contributed by atoms with E-state index in [-0.39, 0.29) is 11.8 Å². The van der Waals surface area contributed by atoms with E-state index >= 15 is 0 Å². The van der Waals surface area contributed by atoms with Crippen molar-refractivity contribution in [1.29, 1.82) is 0 Å². The number of nitrogens with zero attached hydrogens (tertiary/aromatic N) is 5. The third-order valence-corrected chi connectivity index (χ3v) is 7.31. The number of fused-ring (bicyclic) bond motifs is 1. The van der Waals surface area contributed by atoms with Gasteiger partial charge in [-0.25, -0.2) is 0 Å². The highest BCUT2D eigenvalue weighted by molar-refractivity contribution is 7.99. The van der Waals surface area contributed by atoms with Gasteiger partial charge in [0.2, 0.25) is 5.91 Å². The molecule has 34 heavy (non-hydrogen) atoms. The van der Waals surface area contributed by atoms with E-state index < -0.39 is 0 Å². The Balaban J connectivity index is 1.12. The summed E-state index contributed by atoms with van der Waals surface area (Å²) >= 11 is 1.44. The third kappa shape index (κ3) is 3.87. The maximum absolute atomic E-state index is 12.9. The summed E-state index contributed by atoms with van der Waals surface area (Å²) in [6, 6.07) is 11.9. The molecule has 10 heteroatoms. The minimum Gasteiger partial charge on any atom is -0.459 e. The largest absolute Gasteiger partial charge is 0.459 e. The molecule has 0 bridgehead atoms. The van der Waals surface area contributed by atoms with Gasteiger partial charge in [0.05, 0.1) is 12.0 Å². The quantitative estimate of drug-likeness (QED) is 0.428. The summed E-state index contributed by atoms with van der Waals surface area (Å²) in [5, 5.41) is 10.9. The van der Waals surface area contributed by atoms with Gasteiger partial charge >= 0.3 is 0 Å². The molecule has 1 saturated heterocycles. The van der Waals surface area contributed by atoms with Crippen LogP contribution in [0.15, 0.2) is 58.4 Å². The minimum absolute atomic E-state index is 0.0501. The highest BCUT2D eigenvalue weighted by Gasteiger charge is 2.32. The van der Waals surface area contributed by atoms with Crippen molar-refractivity contribution in [1.82, 2.24) is 29.5 Å². The lowest BCUT2D eigenvalue weighted by Crippen LogP contribution is -2.51. The fraction of sp³-hybridized carbons (Fsp3) is 0.333. The summed E-state index contributed by atoms with van der Waals surface area (Å²) in [4.78, 5) is 32.2. The lowest BCUT2D eigenvalue weighted by molar-refractivity contribution is -0.129. The molecule has 1 aromatic carbocycles. The van der Waals surface area contributed by atoms with Gasteiger partial charge < -0.3 is 19.2 Å². The number of hydrogen-bond acceptors (Lipinski definition) is 6. The predicted molar refractivity (Wildman–Crippen MR) is 128 cm³/mol. The fourth-order valence-corrected chi connectivity index (χ4v) is 5.32. The Hall–Kier alpha value is -3.53. The van der Waals surface area contributed by atoms with Crippen LogP contribution in [-0.2, 0) is 4.79 Å². The van der Waals surface area contributed by atoms with Gasteiger partial charge in [0.15, 0.2) is 16.7 Å². The summed E-state index contributed by atoms with van der Waals surface area (Å²) in [6.45, 7) is 2.03. The Labute approximate surface area is 200 Å². The fourth-order valence-electron chi connectivity index (χ4n) is 4.41. The van der Waals surface area contributed by atoms with E-state index in [0.29, 0.717) is 43.7 Å². The second-order valence-electron chi connectivity index (χ2n) is 8.59. The maximum Gasteiger partial charge on any atom is 0.289 e. The molecule has 3 aromatic heterocycles. The molecule has 1 N–H and O–H groups in total. The zero-order valence-electron chi connectivity index (χ0n) is 18.5. The number of amides is 2. The van der Waals surface area contributed by atoms with Crippen LogP contribution >= 0.6 is 11.8 Å². The van der Waals surface area contributed by atoms with Crippen molar-refractivity contribution in [2.24, 2.45) is 0 Å². The number of carbonyl (C=O) groups excluding carboxylic acids is 2. The summed E-state index contributed by atoms with van der Waals surface area (Å²) in [7, 11) is 0. The maximum atomic E-state index is 12.9. The van der Waals surface area contributed by atoms with Crippen LogP contribution in [0.1, 0.15) is 29.4 Å². The molecule has 0 unspecified atom stereocenters. The Kier molecular flexibility index (Phi) is 5.37. The molecule has 1 aliphatic heterocycles. The van der Waals surface area contributed by atoms with Gasteiger partial charge in [-0.15, -0.1) is 10.2 Å². The summed E-state index contributed by atoms with van der Waals surface area (Å²) in [5.41, 5.74) is 2.10. The first-order chi connectivity index (χ1) is 16.7. The van der Waals surface area contributed by atoms with Crippen molar-refractivity contribution < 1.29 is 14.0 Å². The number of thioether (sulfide) groups is 1. The van der Waals surface area contributed by atoms with Crippen LogP contribution in [0.3, 0.4) is 0 Å². The van der Waals surface area contributed by atoms with Gasteiger partial charge in [-0.05, 0) is 31.0 Å². The number of H-pyrrole nitrogens is 1. The zero-order valence-corrected chi connectivity index (χ0v) is 19.3. The Morgan fingerprint density at radius 2 is 1.82 bits per heavy atom. The van der Waals surface area contributed by atoms with Crippen molar-refractivity contribution in [3.63, 3.8) is 0 Å². The smallest absolute Gasteiger partial charge is 0.289 e. The molecule has 2 aliphatic rings. The number of rotatable bonds is 6. The summed E-state index contributed by atoms with van der Waals surface area (Å²) in [5.74, 6) is 1.40. The van der Waals surface area contributed by atoms with E-state index in [0.717, 1.165) is 40.3 Å². The Morgan fingerprint density at radius 1 is 1.03 bits per heavy atom. The third-order valence-electron chi connectivity index (χ3n) is 6.38. The number of piperazine rings is 1. The average molecular weight is 477 g/mol.